The van der Waals surface area contributed by atoms with E-state index in [2.05, 4.69) is 15.3 Å². The van der Waals surface area contributed by atoms with Crippen molar-refractivity contribution < 1.29 is 9.66 Å². The van der Waals surface area contributed by atoms with Crippen LogP contribution < -0.4 is 10.1 Å². The van der Waals surface area contributed by atoms with E-state index in [0.29, 0.717) is 22.8 Å². The van der Waals surface area contributed by atoms with Crippen LogP contribution in [0, 0.1) is 10.1 Å². The van der Waals surface area contributed by atoms with Gasteiger partial charge in [0.25, 0.3) is 5.69 Å². The van der Waals surface area contributed by atoms with Crippen LogP contribution in [0.5, 0.6) is 5.75 Å². The van der Waals surface area contributed by atoms with Crippen LogP contribution in [0.2, 0.25) is 0 Å². The lowest BCUT2D eigenvalue weighted by atomic mass is 10.1. The highest BCUT2D eigenvalue weighted by Gasteiger charge is 2.15. The molecule has 0 saturated heterocycles. The molecule has 0 spiro atoms. The van der Waals surface area contributed by atoms with E-state index in [1.54, 1.807) is 19.2 Å². The zero-order valence-electron chi connectivity index (χ0n) is 10.5. The minimum atomic E-state index is -0.448. The highest BCUT2D eigenvalue weighted by atomic mass is 16.6. The van der Waals surface area contributed by atoms with Gasteiger partial charge in [0.05, 0.1) is 12.0 Å². The molecule has 0 aliphatic rings. The predicted octanol–water partition coefficient (Wildman–Crippen LogP) is 2.10. The molecule has 0 amide bonds. The number of nitro groups is 1. The topological polar surface area (TPSA) is 90.2 Å². The second kappa shape index (κ2) is 5.30. The summed E-state index contributed by atoms with van der Waals surface area (Å²) in [4.78, 5) is 18.5. The first-order valence-corrected chi connectivity index (χ1v) is 5.49. The number of ether oxygens (including phenoxy) is 1. The van der Waals surface area contributed by atoms with Gasteiger partial charge in [-0.3, -0.25) is 10.1 Å². The molecule has 1 N–H and O–H groups in total. The maximum absolute atomic E-state index is 10.8. The molecule has 0 saturated carbocycles. The molecule has 7 nitrogen and oxygen atoms in total. The quantitative estimate of drug-likeness (QED) is 0.668. The Bertz CT molecular complexity index is 616. The maximum Gasteiger partial charge on any atom is 0.270 e. The van der Waals surface area contributed by atoms with Gasteiger partial charge in [-0.05, 0) is 0 Å². The van der Waals surface area contributed by atoms with Gasteiger partial charge in [0.2, 0.25) is 0 Å². The summed E-state index contributed by atoms with van der Waals surface area (Å²) in [7, 11) is 3.21. The van der Waals surface area contributed by atoms with Crippen molar-refractivity contribution in [1.82, 2.24) is 9.97 Å². The molecule has 98 valence electrons. The van der Waals surface area contributed by atoms with Crippen molar-refractivity contribution in [3.63, 3.8) is 0 Å². The molecule has 0 atom stereocenters. The number of nitrogens with one attached hydrogen (secondary N) is 1. The second-order valence-electron chi connectivity index (χ2n) is 3.66. The van der Waals surface area contributed by atoms with E-state index in [1.807, 2.05) is 0 Å². The van der Waals surface area contributed by atoms with Gasteiger partial charge in [-0.1, -0.05) is 12.1 Å². The maximum atomic E-state index is 10.8. The summed E-state index contributed by atoms with van der Waals surface area (Å²) in [6.45, 7) is 0. The SMILES string of the molecule is CNc1ncnc(-c2cccc([N+](=O)[O-])c2)c1OC. The number of methoxy groups -OCH3 is 1. The molecule has 19 heavy (non-hydrogen) atoms. The number of benzene rings is 1. The summed E-state index contributed by atoms with van der Waals surface area (Å²) in [6, 6.07) is 6.21. The molecule has 0 aliphatic carbocycles. The Hall–Kier alpha value is -2.70. The number of nitrogens with zero attached hydrogens (tertiary/aromatic N) is 3. The molecular formula is C12H12N4O3. The standard InChI is InChI=1S/C12H12N4O3/c1-13-12-11(19-2)10(14-7-15-12)8-4-3-5-9(6-8)16(17)18/h3-7H,1-2H3,(H,13,14,15). The van der Waals surface area contributed by atoms with Crippen LogP contribution in [0.15, 0.2) is 30.6 Å². The lowest BCUT2D eigenvalue weighted by Crippen LogP contribution is -2.00. The number of anilines is 1. The Labute approximate surface area is 109 Å². The molecule has 0 fully saturated rings. The van der Waals surface area contributed by atoms with E-state index in [9.17, 15) is 10.1 Å². The summed E-state index contributed by atoms with van der Waals surface area (Å²) in [5.74, 6) is 0.976. The molecule has 2 aromatic rings. The zero-order valence-corrected chi connectivity index (χ0v) is 10.5. The first-order valence-electron chi connectivity index (χ1n) is 5.49. The Balaban J connectivity index is 2.58. The van der Waals surface area contributed by atoms with Crippen LogP contribution in [-0.4, -0.2) is 29.0 Å². The van der Waals surface area contributed by atoms with Gasteiger partial charge in [0, 0.05) is 24.7 Å². The molecule has 2 rings (SSSR count). The fourth-order valence-corrected chi connectivity index (χ4v) is 1.72. The van der Waals surface area contributed by atoms with E-state index in [1.165, 1.54) is 25.6 Å². The van der Waals surface area contributed by atoms with E-state index in [4.69, 9.17) is 4.74 Å². The lowest BCUT2D eigenvalue weighted by Gasteiger charge is -2.10. The van der Waals surface area contributed by atoms with Gasteiger partial charge >= 0.3 is 0 Å². The molecule has 1 aromatic carbocycles. The number of non-ortho nitro benzene ring substituents is 1. The Morgan fingerprint density at radius 2 is 2.16 bits per heavy atom. The van der Waals surface area contributed by atoms with Gasteiger partial charge in [0.1, 0.15) is 12.0 Å². The van der Waals surface area contributed by atoms with Gasteiger partial charge in [0.15, 0.2) is 11.6 Å². The minimum Gasteiger partial charge on any atom is -0.491 e. The van der Waals surface area contributed by atoms with Gasteiger partial charge in [-0.25, -0.2) is 9.97 Å². The summed E-state index contributed by atoms with van der Waals surface area (Å²) in [5.41, 5.74) is 1.11. The Morgan fingerprint density at radius 1 is 1.37 bits per heavy atom. The van der Waals surface area contributed by atoms with Crippen LogP contribution >= 0.6 is 0 Å². The molecular weight excluding hydrogens is 248 g/mol. The van der Waals surface area contributed by atoms with E-state index < -0.39 is 4.92 Å². The van der Waals surface area contributed by atoms with E-state index >= 15 is 0 Å². The first kappa shape index (κ1) is 12.7. The van der Waals surface area contributed by atoms with Crippen LogP contribution in [0.3, 0.4) is 0 Å². The van der Waals surface area contributed by atoms with E-state index in [-0.39, 0.29) is 5.69 Å². The number of nitro benzene ring substituents is 1. The summed E-state index contributed by atoms with van der Waals surface area (Å²) in [6.07, 6.45) is 1.38. The normalized spacial score (nSPS) is 10.0. The van der Waals surface area contributed by atoms with Crippen molar-refractivity contribution in [2.24, 2.45) is 0 Å². The number of rotatable bonds is 4. The molecule has 0 radical (unpaired) electrons. The predicted molar refractivity (Wildman–Crippen MR) is 70.2 cm³/mol. The third-order valence-corrected chi connectivity index (χ3v) is 2.58. The van der Waals surface area contributed by atoms with Crippen molar-refractivity contribution in [3.8, 4) is 17.0 Å². The fourth-order valence-electron chi connectivity index (χ4n) is 1.72. The smallest absolute Gasteiger partial charge is 0.270 e. The van der Waals surface area contributed by atoms with Crippen molar-refractivity contribution in [3.05, 3.63) is 40.7 Å². The molecule has 0 bridgehead atoms. The third-order valence-electron chi connectivity index (χ3n) is 2.58. The Morgan fingerprint density at radius 3 is 2.79 bits per heavy atom. The highest BCUT2D eigenvalue weighted by Crippen LogP contribution is 2.33. The van der Waals surface area contributed by atoms with Crippen LogP contribution in [-0.2, 0) is 0 Å². The molecule has 0 aliphatic heterocycles. The second-order valence-corrected chi connectivity index (χ2v) is 3.66. The lowest BCUT2D eigenvalue weighted by molar-refractivity contribution is -0.384. The fraction of sp³-hybridized carbons (Fsp3) is 0.167. The average molecular weight is 260 g/mol. The average Bonchev–Trinajstić information content (AvgIpc) is 2.46. The van der Waals surface area contributed by atoms with Crippen molar-refractivity contribution in [2.75, 3.05) is 19.5 Å². The van der Waals surface area contributed by atoms with Crippen molar-refractivity contribution >= 4 is 11.5 Å². The minimum absolute atomic E-state index is 0.00386. The number of hydrogen-bond acceptors (Lipinski definition) is 6. The Kier molecular flexibility index (Phi) is 3.56. The third kappa shape index (κ3) is 2.44. The molecule has 1 aromatic heterocycles. The first-order chi connectivity index (χ1) is 9.17. The van der Waals surface area contributed by atoms with Gasteiger partial charge < -0.3 is 10.1 Å². The summed E-state index contributed by atoms with van der Waals surface area (Å²) in [5, 5.41) is 13.7. The van der Waals surface area contributed by atoms with Crippen molar-refractivity contribution in [2.45, 2.75) is 0 Å². The highest BCUT2D eigenvalue weighted by molar-refractivity contribution is 5.73. The van der Waals surface area contributed by atoms with Crippen LogP contribution in [0.1, 0.15) is 0 Å². The summed E-state index contributed by atoms with van der Waals surface area (Å²) >= 11 is 0. The monoisotopic (exact) mass is 260 g/mol. The van der Waals surface area contributed by atoms with Crippen molar-refractivity contribution in [1.29, 1.82) is 0 Å². The molecule has 1 heterocycles. The van der Waals surface area contributed by atoms with Gasteiger partial charge in [-0.15, -0.1) is 0 Å². The largest absolute Gasteiger partial charge is 0.491 e. The zero-order chi connectivity index (χ0) is 13.8. The van der Waals surface area contributed by atoms with E-state index in [0.717, 1.165) is 0 Å². The number of aromatic nitrogens is 2. The van der Waals surface area contributed by atoms with Crippen LogP contribution in [0.25, 0.3) is 11.3 Å². The van der Waals surface area contributed by atoms with Crippen LogP contribution in [0.4, 0.5) is 11.5 Å². The number of hydrogen-bond donors (Lipinski definition) is 1. The van der Waals surface area contributed by atoms with Gasteiger partial charge in [-0.2, -0.15) is 0 Å². The molecule has 7 heteroatoms. The molecule has 0 unspecified atom stereocenters. The summed E-state index contributed by atoms with van der Waals surface area (Å²) < 4.78 is 5.26.